The zero-order valence-electron chi connectivity index (χ0n) is 17.0. The Morgan fingerprint density at radius 1 is 1.20 bits per heavy atom. The van der Waals surface area contributed by atoms with E-state index in [1.54, 1.807) is 0 Å². The summed E-state index contributed by atoms with van der Waals surface area (Å²) in [5.41, 5.74) is 1.56. The molecule has 1 heterocycles. The van der Waals surface area contributed by atoms with Crippen LogP contribution >= 0.6 is 0 Å². The fraction of sp³-hybridized carbons (Fsp3) is 0.696. The van der Waals surface area contributed by atoms with Gasteiger partial charge in [0.2, 0.25) is 5.89 Å². The van der Waals surface area contributed by atoms with Gasteiger partial charge in [0.1, 0.15) is 5.69 Å². The third-order valence-corrected chi connectivity index (χ3v) is 6.71. The van der Waals surface area contributed by atoms with Crippen molar-refractivity contribution in [2.75, 3.05) is 0 Å². The maximum absolute atomic E-state index is 6.27. The van der Waals surface area contributed by atoms with E-state index >= 15 is 0 Å². The molecule has 1 aromatic rings. The Balaban J connectivity index is 1.84. The molecule has 0 saturated heterocycles. The van der Waals surface area contributed by atoms with Crippen LogP contribution in [0, 0.1) is 16.7 Å². The van der Waals surface area contributed by atoms with Crippen LogP contribution in [0.25, 0.3) is 12.2 Å². The molecule has 0 bridgehead atoms. The highest BCUT2D eigenvalue weighted by molar-refractivity contribution is 5.63. The summed E-state index contributed by atoms with van der Waals surface area (Å²) in [6, 6.07) is 0. The Morgan fingerprint density at radius 3 is 2.44 bits per heavy atom. The van der Waals surface area contributed by atoms with E-state index in [4.69, 9.17) is 9.40 Å². The van der Waals surface area contributed by atoms with E-state index < -0.39 is 0 Å². The van der Waals surface area contributed by atoms with Crippen molar-refractivity contribution < 1.29 is 4.42 Å². The highest BCUT2D eigenvalue weighted by Crippen LogP contribution is 2.52. The van der Waals surface area contributed by atoms with E-state index in [-0.39, 0.29) is 10.8 Å². The van der Waals surface area contributed by atoms with E-state index in [2.05, 4.69) is 65.8 Å². The number of fused-ring (bicyclic) bond motifs is 1. The van der Waals surface area contributed by atoms with Crippen LogP contribution in [-0.4, -0.2) is 4.98 Å². The summed E-state index contributed by atoms with van der Waals surface area (Å²) in [4.78, 5) is 4.91. The van der Waals surface area contributed by atoms with Gasteiger partial charge >= 0.3 is 0 Å². The SMILES string of the molecule is CCCC1(CC(C)(C)c2nc3c(o2)C=CC(C)(C(C)C)C=C3)CCC1. The predicted molar refractivity (Wildman–Crippen MR) is 106 cm³/mol. The minimum atomic E-state index is -0.00911. The first kappa shape index (κ1) is 18.5. The zero-order valence-corrected chi connectivity index (χ0v) is 17.0. The molecule has 0 aromatic carbocycles. The minimum absolute atomic E-state index is 0.00911. The monoisotopic (exact) mass is 341 g/mol. The fourth-order valence-electron chi connectivity index (χ4n) is 4.56. The van der Waals surface area contributed by atoms with Crippen LogP contribution in [0.5, 0.6) is 0 Å². The molecule has 1 atom stereocenters. The number of allylic oxidation sites excluding steroid dienone is 2. The molecular formula is C23H35NO. The molecule has 1 fully saturated rings. The number of nitrogens with zero attached hydrogens (tertiary/aromatic N) is 1. The highest BCUT2D eigenvalue weighted by atomic mass is 16.4. The molecule has 1 unspecified atom stereocenters. The van der Waals surface area contributed by atoms with Crippen molar-refractivity contribution in [3.8, 4) is 0 Å². The average Bonchev–Trinajstić information content (AvgIpc) is 2.86. The summed E-state index contributed by atoms with van der Waals surface area (Å²) >= 11 is 0. The summed E-state index contributed by atoms with van der Waals surface area (Å²) < 4.78 is 6.27. The van der Waals surface area contributed by atoms with Gasteiger partial charge < -0.3 is 4.42 Å². The summed E-state index contributed by atoms with van der Waals surface area (Å²) in [5.74, 6) is 2.37. The van der Waals surface area contributed by atoms with Gasteiger partial charge in [0.15, 0.2) is 5.76 Å². The second-order valence-electron chi connectivity index (χ2n) is 9.62. The van der Waals surface area contributed by atoms with Crippen molar-refractivity contribution in [1.82, 2.24) is 4.98 Å². The van der Waals surface area contributed by atoms with E-state index in [9.17, 15) is 0 Å². The molecule has 2 nitrogen and oxygen atoms in total. The second-order valence-corrected chi connectivity index (χ2v) is 9.62. The minimum Gasteiger partial charge on any atom is -0.440 e. The largest absolute Gasteiger partial charge is 0.440 e. The molecule has 3 rings (SSSR count). The molecule has 0 aliphatic heterocycles. The van der Waals surface area contributed by atoms with Crippen molar-refractivity contribution >= 4 is 12.2 Å². The van der Waals surface area contributed by atoms with Crippen LogP contribution in [0.4, 0.5) is 0 Å². The quantitative estimate of drug-likeness (QED) is 0.556. The number of oxazole rings is 1. The van der Waals surface area contributed by atoms with Crippen LogP contribution in [-0.2, 0) is 5.41 Å². The molecular weight excluding hydrogens is 306 g/mol. The van der Waals surface area contributed by atoms with Crippen LogP contribution in [0.3, 0.4) is 0 Å². The summed E-state index contributed by atoms with van der Waals surface area (Å²) in [6.07, 6.45) is 16.8. The van der Waals surface area contributed by atoms with E-state index in [1.807, 2.05) is 0 Å². The maximum atomic E-state index is 6.27. The van der Waals surface area contributed by atoms with Crippen LogP contribution in [0.15, 0.2) is 16.6 Å². The average molecular weight is 342 g/mol. The Morgan fingerprint density at radius 2 is 1.88 bits per heavy atom. The molecule has 0 N–H and O–H groups in total. The first-order chi connectivity index (χ1) is 11.7. The van der Waals surface area contributed by atoms with Gasteiger partial charge in [0.25, 0.3) is 0 Å². The Bertz CT molecular complexity index is 639. The van der Waals surface area contributed by atoms with E-state index in [1.165, 1.54) is 38.5 Å². The van der Waals surface area contributed by atoms with Crippen molar-refractivity contribution in [1.29, 1.82) is 0 Å². The highest BCUT2D eigenvalue weighted by Gasteiger charge is 2.43. The third kappa shape index (κ3) is 3.50. The van der Waals surface area contributed by atoms with E-state index in [0.29, 0.717) is 11.3 Å². The first-order valence-electron chi connectivity index (χ1n) is 10.1. The molecule has 0 radical (unpaired) electrons. The lowest BCUT2D eigenvalue weighted by Gasteiger charge is -2.46. The molecule has 0 amide bonds. The topological polar surface area (TPSA) is 26.0 Å². The van der Waals surface area contributed by atoms with Gasteiger partial charge in [0.05, 0.1) is 0 Å². The molecule has 1 aromatic heterocycles. The molecule has 2 aliphatic carbocycles. The molecule has 0 spiro atoms. The van der Waals surface area contributed by atoms with Crippen molar-refractivity contribution in [3.63, 3.8) is 0 Å². The van der Waals surface area contributed by atoms with Gasteiger partial charge in [-0.25, -0.2) is 4.98 Å². The lowest BCUT2D eigenvalue weighted by Crippen LogP contribution is -2.36. The number of rotatable bonds is 6. The third-order valence-electron chi connectivity index (χ3n) is 6.71. The van der Waals surface area contributed by atoms with E-state index in [0.717, 1.165) is 17.3 Å². The molecule has 25 heavy (non-hydrogen) atoms. The molecule has 138 valence electrons. The van der Waals surface area contributed by atoms with Crippen LogP contribution < -0.4 is 0 Å². The van der Waals surface area contributed by atoms with Crippen molar-refractivity contribution in [3.05, 3.63) is 29.5 Å². The first-order valence-corrected chi connectivity index (χ1v) is 10.1. The number of aromatic nitrogens is 1. The lowest BCUT2D eigenvalue weighted by molar-refractivity contribution is 0.0692. The van der Waals surface area contributed by atoms with Gasteiger partial charge in [0, 0.05) is 10.8 Å². The maximum Gasteiger partial charge on any atom is 0.201 e. The summed E-state index contributed by atoms with van der Waals surface area (Å²) in [5, 5.41) is 0. The smallest absolute Gasteiger partial charge is 0.201 e. The second kappa shape index (κ2) is 6.45. The van der Waals surface area contributed by atoms with Gasteiger partial charge in [-0.2, -0.15) is 0 Å². The van der Waals surface area contributed by atoms with Gasteiger partial charge in [-0.05, 0) is 49.2 Å². The van der Waals surface area contributed by atoms with Crippen molar-refractivity contribution in [2.24, 2.45) is 16.7 Å². The summed E-state index contributed by atoms with van der Waals surface area (Å²) in [7, 11) is 0. The van der Waals surface area contributed by atoms with Crippen molar-refractivity contribution in [2.45, 2.75) is 85.5 Å². The number of hydrogen-bond donors (Lipinski definition) is 0. The summed E-state index contributed by atoms with van der Waals surface area (Å²) in [6.45, 7) is 13.7. The van der Waals surface area contributed by atoms with Gasteiger partial charge in [-0.3, -0.25) is 0 Å². The van der Waals surface area contributed by atoms with Crippen LogP contribution in [0.2, 0.25) is 0 Å². The molecule has 1 saturated carbocycles. The molecule has 2 aliphatic rings. The Labute approximate surface area is 153 Å². The number of hydrogen-bond acceptors (Lipinski definition) is 2. The predicted octanol–water partition coefficient (Wildman–Crippen LogP) is 7.02. The Kier molecular flexibility index (Phi) is 4.77. The zero-order chi connectivity index (χ0) is 18.3. The Hall–Kier alpha value is -1.31. The normalized spacial score (nSPS) is 24.9. The standard InChI is InChI=1S/C23H35NO/c1-7-11-23(12-8-13-23)16-21(4,5)20-24-18-9-14-22(6,17(2)3)15-10-19(18)25-20/h9-10,14-15,17H,7-8,11-13,16H2,1-6H3. The van der Waals surface area contributed by atoms with Crippen LogP contribution in [0.1, 0.15) is 97.4 Å². The fourth-order valence-corrected chi connectivity index (χ4v) is 4.56. The van der Waals surface area contributed by atoms with Gasteiger partial charge in [-0.1, -0.05) is 66.5 Å². The lowest BCUT2D eigenvalue weighted by atomic mass is 9.59. The molecule has 2 heteroatoms. The van der Waals surface area contributed by atoms with Gasteiger partial charge in [-0.15, -0.1) is 0 Å².